The highest BCUT2D eigenvalue weighted by Crippen LogP contribution is 2.29. The van der Waals surface area contributed by atoms with Crippen molar-refractivity contribution in [3.8, 4) is 5.75 Å². The predicted molar refractivity (Wildman–Crippen MR) is 101 cm³/mol. The van der Waals surface area contributed by atoms with Gasteiger partial charge in [0, 0.05) is 38.2 Å². The number of amides is 1. The Morgan fingerprint density at radius 3 is 2.78 bits per heavy atom. The lowest BCUT2D eigenvalue weighted by Gasteiger charge is -2.33. The number of anilines is 1. The molecule has 27 heavy (non-hydrogen) atoms. The van der Waals surface area contributed by atoms with Crippen molar-refractivity contribution in [1.82, 2.24) is 14.9 Å². The lowest BCUT2D eigenvalue weighted by atomic mass is 9.94. The minimum Gasteiger partial charge on any atom is -0.507 e. The molecular weight excluding hydrogens is 344 g/mol. The molecule has 0 unspecified atom stereocenters. The third-order valence-electron chi connectivity index (χ3n) is 5.27. The topological polar surface area (TPSA) is 78.8 Å². The van der Waals surface area contributed by atoms with E-state index in [1.54, 1.807) is 30.6 Å². The van der Waals surface area contributed by atoms with E-state index >= 15 is 0 Å². The summed E-state index contributed by atoms with van der Waals surface area (Å²) in [6.07, 6.45) is 3.52. The molecule has 4 rings (SSSR count). The molecule has 1 aromatic heterocycles. The van der Waals surface area contributed by atoms with E-state index in [2.05, 4.69) is 14.9 Å². The number of morpholine rings is 1. The second-order valence-electron chi connectivity index (χ2n) is 7.01. The molecule has 1 N–H and O–H groups in total. The Morgan fingerprint density at radius 2 is 1.96 bits per heavy atom. The first-order valence-corrected chi connectivity index (χ1v) is 9.44. The number of piperidine rings is 1. The molecule has 0 radical (unpaired) electrons. The SMILES string of the molecule is O=C(c1ccccc1O)N1CCC[C@H](c2cc(N3CCOCC3)ncn2)C1. The van der Waals surface area contributed by atoms with Gasteiger partial charge in [0.2, 0.25) is 0 Å². The van der Waals surface area contributed by atoms with Crippen LogP contribution in [0.25, 0.3) is 0 Å². The molecule has 1 atom stereocenters. The number of phenols is 1. The van der Waals surface area contributed by atoms with Gasteiger partial charge in [-0.25, -0.2) is 9.97 Å². The number of para-hydroxylation sites is 1. The molecule has 2 fully saturated rings. The van der Waals surface area contributed by atoms with E-state index in [4.69, 9.17) is 4.74 Å². The fourth-order valence-corrected chi connectivity index (χ4v) is 3.78. The summed E-state index contributed by atoms with van der Waals surface area (Å²) < 4.78 is 5.41. The van der Waals surface area contributed by atoms with Crippen molar-refractivity contribution in [1.29, 1.82) is 0 Å². The highest BCUT2D eigenvalue weighted by atomic mass is 16.5. The molecule has 2 aromatic rings. The molecule has 0 bridgehead atoms. The van der Waals surface area contributed by atoms with Crippen LogP contribution in [0.2, 0.25) is 0 Å². The molecule has 0 spiro atoms. The van der Waals surface area contributed by atoms with Crippen molar-refractivity contribution in [2.24, 2.45) is 0 Å². The van der Waals surface area contributed by atoms with Crippen LogP contribution >= 0.6 is 0 Å². The number of ether oxygens (including phenoxy) is 1. The Bertz CT molecular complexity index is 807. The Labute approximate surface area is 158 Å². The average molecular weight is 368 g/mol. The van der Waals surface area contributed by atoms with Crippen molar-refractivity contribution >= 4 is 11.7 Å². The number of carbonyl (C=O) groups is 1. The number of hydrogen-bond donors (Lipinski definition) is 1. The summed E-state index contributed by atoms with van der Waals surface area (Å²) in [7, 11) is 0. The summed E-state index contributed by atoms with van der Waals surface area (Å²) in [6.45, 7) is 4.40. The van der Waals surface area contributed by atoms with E-state index in [9.17, 15) is 9.90 Å². The average Bonchev–Trinajstić information content (AvgIpc) is 2.74. The summed E-state index contributed by atoms with van der Waals surface area (Å²) in [5, 5.41) is 9.99. The lowest BCUT2D eigenvalue weighted by molar-refractivity contribution is 0.0703. The molecular formula is C20H24N4O3. The van der Waals surface area contributed by atoms with E-state index in [1.165, 1.54) is 0 Å². The second kappa shape index (κ2) is 7.92. The number of benzene rings is 1. The maximum absolute atomic E-state index is 12.8. The molecule has 1 amide bonds. The largest absolute Gasteiger partial charge is 0.507 e. The Kier molecular flexibility index (Phi) is 5.20. The van der Waals surface area contributed by atoms with E-state index in [1.807, 2.05) is 11.0 Å². The summed E-state index contributed by atoms with van der Waals surface area (Å²) >= 11 is 0. The van der Waals surface area contributed by atoms with Crippen LogP contribution < -0.4 is 4.90 Å². The zero-order valence-corrected chi connectivity index (χ0v) is 15.3. The summed E-state index contributed by atoms with van der Waals surface area (Å²) in [5.74, 6) is 1.00. The number of carbonyl (C=O) groups excluding carboxylic acids is 1. The fourth-order valence-electron chi connectivity index (χ4n) is 3.78. The molecule has 2 aliphatic rings. The van der Waals surface area contributed by atoms with Crippen LogP contribution in [0.5, 0.6) is 5.75 Å². The number of rotatable bonds is 3. The molecule has 3 heterocycles. The molecule has 142 valence electrons. The number of nitrogens with zero attached hydrogens (tertiary/aromatic N) is 4. The Morgan fingerprint density at radius 1 is 1.15 bits per heavy atom. The smallest absolute Gasteiger partial charge is 0.257 e. The molecule has 2 aliphatic heterocycles. The standard InChI is InChI=1S/C20H24N4O3/c25-18-6-2-1-5-16(18)20(26)24-7-3-4-15(13-24)17-12-19(22-14-21-17)23-8-10-27-11-9-23/h1-2,5-6,12,14-15,25H,3-4,7-11,13H2/t15-/m0/s1. The summed E-state index contributed by atoms with van der Waals surface area (Å²) in [5.41, 5.74) is 1.33. The van der Waals surface area contributed by atoms with Gasteiger partial charge in [0.05, 0.1) is 24.5 Å². The first-order chi connectivity index (χ1) is 13.2. The predicted octanol–water partition coefficient (Wildman–Crippen LogP) is 2.04. The molecule has 0 saturated carbocycles. The van der Waals surface area contributed by atoms with Crippen molar-refractivity contribution in [2.75, 3.05) is 44.3 Å². The summed E-state index contributed by atoms with van der Waals surface area (Å²) in [4.78, 5) is 25.8. The van der Waals surface area contributed by atoms with E-state index in [-0.39, 0.29) is 17.6 Å². The third kappa shape index (κ3) is 3.88. The van der Waals surface area contributed by atoms with Gasteiger partial charge in [-0.2, -0.15) is 0 Å². The van der Waals surface area contributed by atoms with Gasteiger partial charge in [-0.3, -0.25) is 4.79 Å². The fraction of sp³-hybridized carbons (Fsp3) is 0.450. The minimum absolute atomic E-state index is 0.0289. The number of aromatic hydroxyl groups is 1. The van der Waals surface area contributed by atoms with Gasteiger partial charge in [-0.15, -0.1) is 0 Å². The normalized spacial score (nSPS) is 20.5. The Balaban J connectivity index is 1.50. The number of aromatic nitrogens is 2. The highest BCUT2D eigenvalue weighted by Gasteiger charge is 2.28. The zero-order valence-electron chi connectivity index (χ0n) is 15.3. The van der Waals surface area contributed by atoms with Crippen molar-refractivity contribution < 1.29 is 14.6 Å². The first-order valence-electron chi connectivity index (χ1n) is 9.44. The van der Waals surface area contributed by atoms with Crippen LogP contribution in [0.15, 0.2) is 36.7 Å². The van der Waals surface area contributed by atoms with Crippen molar-refractivity contribution in [2.45, 2.75) is 18.8 Å². The Hall–Kier alpha value is -2.67. The van der Waals surface area contributed by atoms with E-state index in [0.717, 1.165) is 37.4 Å². The third-order valence-corrected chi connectivity index (χ3v) is 5.27. The molecule has 7 nitrogen and oxygen atoms in total. The number of phenolic OH excluding ortho intramolecular Hbond substituents is 1. The monoisotopic (exact) mass is 368 g/mol. The van der Waals surface area contributed by atoms with Crippen LogP contribution in [0.3, 0.4) is 0 Å². The number of hydrogen-bond acceptors (Lipinski definition) is 6. The quantitative estimate of drug-likeness (QED) is 0.893. The summed E-state index contributed by atoms with van der Waals surface area (Å²) in [6, 6.07) is 8.76. The van der Waals surface area contributed by atoms with Gasteiger partial charge in [0.25, 0.3) is 5.91 Å². The number of likely N-dealkylation sites (tertiary alicyclic amines) is 1. The zero-order chi connectivity index (χ0) is 18.6. The van der Waals surface area contributed by atoms with Gasteiger partial charge >= 0.3 is 0 Å². The van der Waals surface area contributed by atoms with Gasteiger partial charge in [0.1, 0.15) is 17.9 Å². The molecule has 1 aromatic carbocycles. The molecule has 0 aliphatic carbocycles. The molecule has 2 saturated heterocycles. The van der Waals surface area contributed by atoms with Gasteiger partial charge in [-0.05, 0) is 25.0 Å². The molecule has 7 heteroatoms. The van der Waals surface area contributed by atoms with Crippen LogP contribution in [0.1, 0.15) is 34.8 Å². The lowest BCUT2D eigenvalue weighted by Crippen LogP contribution is -2.39. The minimum atomic E-state index is -0.125. The maximum atomic E-state index is 12.8. The van der Waals surface area contributed by atoms with Gasteiger partial charge < -0.3 is 19.6 Å². The first kappa shape index (κ1) is 17.7. The highest BCUT2D eigenvalue weighted by molar-refractivity contribution is 5.96. The van der Waals surface area contributed by atoms with Crippen LogP contribution in [-0.2, 0) is 4.74 Å². The van der Waals surface area contributed by atoms with Crippen molar-refractivity contribution in [3.63, 3.8) is 0 Å². The van der Waals surface area contributed by atoms with E-state index in [0.29, 0.717) is 31.9 Å². The van der Waals surface area contributed by atoms with Gasteiger partial charge in [-0.1, -0.05) is 12.1 Å². The van der Waals surface area contributed by atoms with Crippen LogP contribution in [0, 0.1) is 0 Å². The maximum Gasteiger partial charge on any atom is 0.257 e. The van der Waals surface area contributed by atoms with Crippen LogP contribution in [0.4, 0.5) is 5.82 Å². The van der Waals surface area contributed by atoms with E-state index < -0.39 is 0 Å². The van der Waals surface area contributed by atoms with Gasteiger partial charge in [0.15, 0.2) is 0 Å². The van der Waals surface area contributed by atoms with Crippen LogP contribution in [-0.4, -0.2) is 65.3 Å². The van der Waals surface area contributed by atoms with Crippen molar-refractivity contribution in [3.05, 3.63) is 47.9 Å². The second-order valence-corrected chi connectivity index (χ2v) is 7.01.